The number of aliphatic hydroxyl groups excluding tert-OH is 1. The van der Waals surface area contributed by atoms with Crippen molar-refractivity contribution in [1.29, 1.82) is 0 Å². The Morgan fingerprint density at radius 2 is 1.80 bits per heavy atom. The van der Waals surface area contributed by atoms with Crippen LogP contribution in [0.5, 0.6) is 5.75 Å². The van der Waals surface area contributed by atoms with Crippen molar-refractivity contribution in [3.05, 3.63) is 98.6 Å². The van der Waals surface area contributed by atoms with Crippen LogP contribution in [-0.4, -0.2) is 28.9 Å². The van der Waals surface area contributed by atoms with E-state index in [4.69, 9.17) is 16.3 Å². The third-order valence-corrected chi connectivity index (χ3v) is 7.06. The first-order valence-electron chi connectivity index (χ1n) is 10.8. The molecule has 5 rings (SSSR count). The summed E-state index contributed by atoms with van der Waals surface area (Å²) in [4.78, 5) is 31.6. The summed E-state index contributed by atoms with van der Waals surface area (Å²) in [6, 6.07) is 18.5. The number of carbonyl (C=O) groups is 2. The van der Waals surface area contributed by atoms with E-state index in [1.165, 1.54) is 12.0 Å². The number of nitrogens with one attached hydrogen (secondary N) is 1. The fourth-order valence-corrected chi connectivity index (χ4v) is 5.26. The van der Waals surface area contributed by atoms with Crippen LogP contribution >= 0.6 is 27.5 Å². The van der Waals surface area contributed by atoms with E-state index in [1.807, 2.05) is 31.2 Å². The lowest BCUT2D eigenvalue weighted by atomic mass is 9.93. The number of hydrogen-bond donors (Lipinski definition) is 2. The van der Waals surface area contributed by atoms with Gasteiger partial charge in [0, 0.05) is 38.4 Å². The molecule has 0 radical (unpaired) electrons. The molecular weight excluding hydrogens is 532 g/mol. The molecule has 6 nitrogen and oxygen atoms in total. The molecule has 0 aliphatic carbocycles. The largest absolute Gasteiger partial charge is 0.507 e. The average Bonchev–Trinajstić information content (AvgIpc) is 3.31. The number of Topliss-reactive ketones (excluding diaryl/α,β-unsaturated/α-hetero) is 1. The molecule has 0 saturated carbocycles. The Bertz CT molecular complexity index is 1520. The summed E-state index contributed by atoms with van der Waals surface area (Å²) >= 11 is 9.51. The maximum Gasteiger partial charge on any atom is 0.300 e. The molecular formula is C27H20BrClN2O4. The maximum absolute atomic E-state index is 13.5. The summed E-state index contributed by atoms with van der Waals surface area (Å²) in [5, 5.41) is 12.8. The minimum atomic E-state index is -0.854. The maximum atomic E-state index is 13.5. The second-order valence-electron chi connectivity index (χ2n) is 8.20. The van der Waals surface area contributed by atoms with Crippen molar-refractivity contribution in [2.24, 2.45) is 0 Å². The number of H-pyrrole nitrogens is 1. The van der Waals surface area contributed by atoms with Gasteiger partial charge in [-0.2, -0.15) is 0 Å². The van der Waals surface area contributed by atoms with E-state index >= 15 is 0 Å². The van der Waals surface area contributed by atoms with E-state index in [-0.39, 0.29) is 11.3 Å². The number of anilines is 1. The summed E-state index contributed by atoms with van der Waals surface area (Å²) in [7, 11) is 1.54. The van der Waals surface area contributed by atoms with Crippen molar-refractivity contribution in [1.82, 2.24) is 4.98 Å². The number of aliphatic hydroxyl groups is 1. The van der Waals surface area contributed by atoms with Crippen molar-refractivity contribution in [3.8, 4) is 5.75 Å². The third-order valence-electron chi connectivity index (χ3n) is 6.19. The Morgan fingerprint density at radius 1 is 1.09 bits per heavy atom. The smallest absolute Gasteiger partial charge is 0.300 e. The number of aromatic amines is 1. The van der Waals surface area contributed by atoms with Gasteiger partial charge in [0.1, 0.15) is 11.5 Å². The Hall–Kier alpha value is -3.55. The SMILES string of the molecule is COc1ccc(/C(O)=C2\C(=O)C(=O)N(c3ccc(Cl)cc3)C2c2c(C)[nH]c3ccccc23)cc1Br. The summed E-state index contributed by atoms with van der Waals surface area (Å²) in [6.45, 7) is 1.89. The van der Waals surface area contributed by atoms with E-state index in [0.717, 1.165) is 22.2 Å². The van der Waals surface area contributed by atoms with Gasteiger partial charge in [0.25, 0.3) is 11.7 Å². The zero-order valence-electron chi connectivity index (χ0n) is 18.8. The van der Waals surface area contributed by atoms with Gasteiger partial charge in [-0.3, -0.25) is 14.5 Å². The lowest BCUT2D eigenvalue weighted by Gasteiger charge is -2.26. The molecule has 8 heteroatoms. The number of rotatable bonds is 4. The molecule has 1 amide bonds. The van der Waals surface area contributed by atoms with Gasteiger partial charge in [-0.05, 0) is 71.4 Å². The topological polar surface area (TPSA) is 82.6 Å². The van der Waals surface area contributed by atoms with Crippen LogP contribution in [0.15, 0.2) is 76.8 Å². The number of fused-ring (bicyclic) bond motifs is 1. The Labute approximate surface area is 214 Å². The first-order valence-corrected chi connectivity index (χ1v) is 12.0. The molecule has 4 aromatic rings. The van der Waals surface area contributed by atoms with Crippen LogP contribution in [0.25, 0.3) is 16.7 Å². The van der Waals surface area contributed by atoms with Gasteiger partial charge < -0.3 is 14.8 Å². The second-order valence-corrected chi connectivity index (χ2v) is 9.49. The minimum Gasteiger partial charge on any atom is -0.507 e. The molecule has 0 spiro atoms. The molecule has 2 N–H and O–H groups in total. The van der Waals surface area contributed by atoms with Crippen molar-refractivity contribution in [2.45, 2.75) is 13.0 Å². The number of amides is 1. The quantitative estimate of drug-likeness (QED) is 0.172. The molecule has 2 heterocycles. The summed E-state index contributed by atoms with van der Waals surface area (Å²) in [5.41, 5.74) is 3.29. The van der Waals surface area contributed by atoms with Gasteiger partial charge in [0.2, 0.25) is 0 Å². The number of carbonyl (C=O) groups excluding carboxylic acids is 2. The Kier molecular flexibility index (Phi) is 5.91. The van der Waals surface area contributed by atoms with Crippen molar-refractivity contribution in [3.63, 3.8) is 0 Å². The predicted octanol–water partition coefficient (Wildman–Crippen LogP) is 6.53. The van der Waals surface area contributed by atoms with Crippen LogP contribution in [0.3, 0.4) is 0 Å². The van der Waals surface area contributed by atoms with E-state index in [1.54, 1.807) is 42.5 Å². The number of aromatic nitrogens is 1. The standard InChI is InChI=1S/C27H20BrClN2O4/c1-14-22(18-5-3-4-6-20(18)30-14)24-23(25(32)15-7-12-21(35-2)19(28)13-15)26(33)27(34)31(24)17-10-8-16(29)9-11-17/h3-13,24,30,32H,1-2H3/b25-23+. The second kappa shape index (κ2) is 8.91. The van der Waals surface area contributed by atoms with Gasteiger partial charge in [-0.25, -0.2) is 0 Å². The normalized spacial score (nSPS) is 17.4. The molecule has 1 unspecified atom stereocenters. The van der Waals surface area contributed by atoms with Gasteiger partial charge in [-0.1, -0.05) is 29.8 Å². The van der Waals surface area contributed by atoms with Gasteiger partial charge in [-0.15, -0.1) is 0 Å². The average molecular weight is 552 g/mol. The number of ether oxygens (including phenoxy) is 1. The summed E-state index contributed by atoms with van der Waals surface area (Å²) < 4.78 is 5.89. The fourth-order valence-electron chi connectivity index (χ4n) is 4.59. The van der Waals surface area contributed by atoms with Crippen LogP contribution in [-0.2, 0) is 9.59 Å². The number of halogens is 2. The number of aryl methyl sites for hydroxylation is 1. The molecule has 1 saturated heterocycles. The Balaban J connectivity index is 1.80. The van der Waals surface area contributed by atoms with Gasteiger partial charge in [0.15, 0.2) is 0 Å². The first kappa shape index (κ1) is 23.2. The monoisotopic (exact) mass is 550 g/mol. The summed E-state index contributed by atoms with van der Waals surface area (Å²) in [6.07, 6.45) is 0. The zero-order chi connectivity index (χ0) is 24.9. The third kappa shape index (κ3) is 3.81. The van der Waals surface area contributed by atoms with Crippen LogP contribution in [0.4, 0.5) is 5.69 Å². The molecule has 1 aromatic heterocycles. The highest BCUT2D eigenvalue weighted by Crippen LogP contribution is 2.46. The molecule has 35 heavy (non-hydrogen) atoms. The highest BCUT2D eigenvalue weighted by atomic mass is 79.9. The van der Waals surface area contributed by atoms with E-state index < -0.39 is 17.7 Å². The molecule has 1 fully saturated rings. The number of hydrogen-bond acceptors (Lipinski definition) is 4. The van der Waals surface area contributed by atoms with Crippen LogP contribution in [0, 0.1) is 6.92 Å². The highest BCUT2D eigenvalue weighted by Gasteiger charge is 2.48. The van der Waals surface area contributed by atoms with Crippen LogP contribution in [0.2, 0.25) is 5.02 Å². The molecule has 176 valence electrons. The van der Waals surface area contributed by atoms with Gasteiger partial charge in [0.05, 0.1) is 23.2 Å². The molecule has 1 aliphatic rings. The number of benzene rings is 3. The lowest BCUT2D eigenvalue weighted by Crippen LogP contribution is -2.29. The number of para-hydroxylation sites is 1. The zero-order valence-corrected chi connectivity index (χ0v) is 21.1. The van der Waals surface area contributed by atoms with Gasteiger partial charge >= 0.3 is 0 Å². The molecule has 1 atom stereocenters. The predicted molar refractivity (Wildman–Crippen MR) is 140 cm³/mol. The van der Waals surface area contributed by atoms with Crippen molar-refractivity contribution < 1.29 is 19.4 Å². The highest BCUT2D eigenvalue weighted by molar-refractivity contribution is 9.10. The van der Waals surface area contributed by atoms with Crippen LogP contribution < -0.4 is 9.64 Å². The van der Waals surface area contributed by atoms with Crippen molar-refractivity contribution in [2.75, 3.05) is 12.0 Å². The summed E-state index contributed by atoms with van der Waals surface area (Å²) in [5.74, 6) is -1.18. The lowest BCUT2D eigenvalue weighted by molar-refractivity contribution is -0.132. The number of ketones is 1. The number of nitrogens with zero attached hydrogens (tertiary/aromatic N) is 1. The van der Waals surface area contributed by atoms with Crippen molar-refractivity contribution >= 4 is 61.6 Å². The number of methoxy groups -OCH3 is 1. The van der Waals surface area contributed by atoms with Crippen LogP contribution in [0.1, 0.15) is 22.9 Å². The Morgan fingerprint density at radius 3 is 2.49 bits per heavy atom. The van der Waals surface area contributed by atoms with E-state index in [2.05, 4.69) is 20.9 Å². The molecule has 3 aromatic carbocycles. The minimum absolute atomic E-state index is 0.00914. The van der Waals surface area contributed by atoms with E-state index in [9.17, 15) is 14.7 Å². The molecule has 1 aliphatic heterocycles. The fraction of sp³-hybridized carbons (Fsp3) is 0.111. The first-order chi connectivity index (χ1) is 16.8. The molecule has 0 bridgehead atoms. The van der Waals surface area contributed by atoms with E-state index in [0.29, 0.717) is 26.5 Å².